The molecule has 0 fully saturated rings. The molecule has 0 aliphatic carbocycles. The number of carboxylic acid groups (broad SMARTS) is 1. The first-order valence-corrected chi connectivity index (χ1v) is 10.7. The number of rotatable bonds is 6. The van der Waals surface area contributed by atoms with Crippen LogP contribution in [0.15, 0.2) is 58.0 Å². The lowest BCUT2D eigenvalue weighted by Gasteiger charge is -2.30. The topological polar surface area (TPSA) is 75.1 Å². The van der Waals surface area contributed by atoms with Crippen LogP contribution < -0.4 is 5.32 Å². The third-order valence-electron chi connectivity index (χ3n) is 4.41. The molecule has 0 radical (unpaired) electrons. The van der Waals surface area contributed by atoms with Crippen LogP contribution in [-0.4, -0.2) is 27.2 Å². The van der Waals surface area contributed by atoms with Gasteiger partial charge < -0.3 is 10.4 Å². The van der Waals surface area contributed by atoms with Crippen LogP contribution in [0.5, 0.6) is 0 Å². The average Bonchev–Trinajstić information content (AvgIpc) is 3.03. The van der Waals surface area contributed by atoms with Crippen LogP contribution in [0.2, 0.25) is 0 Å². The van der Waals surface area contributed by atoms with Crippen molar-refractivity contribution in [3.63, 3.8) is 0 Å². The fraction of sp³-hybridized carbons (Fsp3) is 0.286. The van der Waals surface area contributed by atoms with E-state index in [0.717, 1.165) is 19.5 Å². The third kappa shape index (κ3) is 5.55. The summed E-state index contributed by atoms with van der Waals surface area (Å²) in [6.07, 6.45) is 4.33. The number of pyridine rings is 2. The highest BCUT2D eigenvalue weighted by Gasteiger charge is 2.28. The molecular weight excluding hydrogens is 409 g/mol. The second-order valence-electron chi connectivity index (χ2n) is 7.61. The van der Waals surface area contributed by atoms with Gasteiger partial charge in [0, 0.05) is 52.0 Å². The Labute approximate surface area is 177 Å². The van der Waals surface area contributed by atoms with Gasteiger partial charge >= 0.3 is 6.09 Å². The van der Waals surface area contributed by atoms with Gasteiger partial charge in [0.2, 0.25) is 5.95 Å². The maximum atomic E-state index is 14.4. The van der Waals surface area contributed by atoms with E-state index in [0.29, 0.717) is 12.0 Å². The second-order valence-corrected chi connectivity index (χ2v) is 10.1. The first-order chi connectivity index (χ1) is 13.7. The van der Waals surface area contributed by atoms with Gasteiger partial charge in [0.25, 0.3) is 0 Å². The minimum Gasteiger partial charge on any atom is -0.465 e. The van der Waals surface area contributed by atoms with Crippen molar-refractivity contribution in [2.45, 2.75) is 42.3 Å². The zero-order chi connectivity index (χ0) is 21.0. The highest BCUT2D eigenvalue weighted by Crippen LogP contribution is 2.43. The standard InChI is InChI=1S/C21H22FN3O2S2/c1-21(2,3)17(25-20(26)27)12-14-11-16(15-5-4-8-24-18(15)22)19(29-14)28-13-6-9-23-10-7-13/h4-11,17,25H,12H2,1-3H3,(H,26,27). The van der Waals surface area contributed by atoms with E-state index in [9.17, 15) is 14.3 Å². The Morgan fingerprint density at radius 2 is 1.97 bits per heavy atom. The molecule has 3 rings (SSSR count). The molecule has 0 aromatic carbocycles. The van der Waals surface area contributed by atoms with E-state index in [1.54, 1.807) is 35.9 Å². The summed E-state index contributed by atoms with van der Waals surface area (Å²) in [6, 6.07) is 8.89. The smallest absolute Gasteiger partial charge is 0.404 e. The van der Waals surface area contributed by atoms with Crippen molar-refractivity contribution in [2.75, 3.05) is 0 Å². The largest absolute Gasteiger partial charge is 0.465 e. The predicted octanol–water partition coefficient (Wildman–Crippen LogP) is 5.72. The monoisotopic (exact) mass is 431 g/mol. The predicted molar refractivity (Wildman–Crippen MR) is 114 cm³/mol. The highest BCUT2D eigenvalue weighted by atomic mass is 32.2. The molecule has 0 aliphatic rings. The number of halogens is 1. The molecule has 1 amide bonds. The molecule has 3 heterocycles. The van der Waals surface area contributed by atoms with Gasteiger partial charge in [-0.1, -0.05) is 32.5 Å². The molecule has 29 heavy (non-hydrogen) atoms. The Morgan fingerprint density at radius 3 is 2.59 bits per heavy atom. The van der Waals surface area contributed by atoms with Gasteiger partial charge in [-0.3, -0.25) is 4.98 Å². The van der Waals surface area contributed by atoms with E-state index in [2.05, 4.69) is 15.3 Å². The Hall–Kier alpha value is -2.45. The molecule has 1 atom stereocenters. The lowest BCUT2D eigenvalue weighted by molar-refractivity contribution is 0.174. The lowest BCUT2D eigenvalue weighted by atomic mass is 9.84. The summed E-state index contributed by atoms with van der Waals surface area (Å²) in [7, 11) is 0. The maximum absolute atomic E-state index is 14.4. The van der Waals surface area contributed by atoms with Crippen LogP contribution >= 0.6 is 23.1 Å². The number of aromatic nitrogens is 2. The van der Waals surface area contributed by atoms with Gasteiger partial charge in [-0.25, -0.2) is 9.78 Å². The van der Waals surface area contributed by atoms with Crippen LogP contribution in [0.3, 0.4) is 0 Å². The minimum atomic E-state index is -1.05. The molecule has 0 aliphatic heterocycles. The summed E-state index contributed by atoms with van der Waals surface area (Å²) >= 11 is 3.08. The van der Waals surface area contributed by atoms with Gasteiger partial charge in [0.05, 0.1) is 4.21 Å². The van der Waals surface area contributed by atoms with Gasteiger partial charge in [-0.15, -0.1) is 11.3 Å². The van der Waals surface area contributed by atoms with E-state index in [1.807, 2.05) is 39.0 Å². The molecule has 2 N–H and O–H groups in total. The van der Waals surface area contributed by atoms with Crippen LogP contribution in [0.1, 0.15) is 25.6 Å². The number of nitrogens with zero attached hydrogens (tertiary/aromatic N) is 2. The van der Waals surface area contributed by atoms with Crippen LogP contribution in [0, 0.1) is 11.4 Å². The first-order valence-electron chi connectivity index (χ1n) is 9.05. The molecule has 5 nitrogen and oxygen atoms in total. The van der Waals surface area contributed by atoms with E-state index >= 15 is 0 Å². The summed E-state index contributed by atoms with van der Waals surface area (Å²) in [5.74, 6) is -0.524. The average molecular weight is 432 g/mol. The van der Waals surface area contributed by atoms with Crippen molar-refractivity contribution in [1.29, 1.82) is 0 Å². The Bertz CT molecular complexity index is 987. The summed E-state index contributed by atoms with van der Waals surface area (Å²) in [5, 5.41) is 11.8. The van der Waals surface area contributed by atoms with Crippen molar-refractivity contribution in [3.05, 3.63) is 59.7 Å². The fourth-order valence-electron chi connectivity index (χ4n) is 2.81. The van der Waals surface area contributed by atoms with Gasteiger partial charge in [0.15, 0.2) is 0 Å². The quantitative estimate of drug-likeness (QED) is 0.488. The molecular formula is C21H22FN3O2S2. The van der Waals surface area contributed by atoms with Crippen LogP contribution in [0.25, 0.3) is 11.1 Å². The van der Waals surface area contributed by atoms with Crippen molar-refractivity contribution >= 4 is 29.2 Å². The van der Waals surface area contributed by atoms with Gasteiger partial charge in [0.1, 0.15) is 0 Å². The fourth-order valence-corrected chi connectivity index (χ4v) is 5.28. The zero-order valence-electron chi connectivity index (χ0n) is 16.3. The summed E-state index contributed by atoms with van der Waals surface area (Å²) in [5.41, 5.74) is 0.936. The second kappa shape index (κ2) is 8.92. The third-order valence-corrected chi connectivity index (χ3v) is 6.77. The Morgan fingerprint density at radius 1 is 1.24 bits per heavy atom. The van der Waals surface area contributed by atoms with E-state index in [-0.39, 0.29) is 11.5 Å². The van der Waals surface area contributed by atoms with Crippen LogP contribution in [-0.2, 0) is 6.42 Å². The number of hydrogen-bond acceptors (Lipinski definition) is 5. The van der Waals surface area contributed by atoms with Crippen molar-refractivity contribution in [3.8, 4) is 11.1 Å². The maximum Gasteiger partial charge on any atom is 0.404 e. The van der Waals surface area contributed by atoms with Gasteiger partial charge in [-0.2, -0.15) is 4.39 Å². The molecule has 0 bridgehead atoms. The Kier molecular flexibility index (Phi) is 6.54. The Balaban J connectivity index is 1.99. The number of hydrogen-bond donors (Lipinski definition) is 2. The number of nitrogens with one attached hydrogen (secondary N) is 1. The molecule has 0 spiro atoms. The van der Waals surface area contributed by atoms with E-state index < -0.39 is 12.0 Å². The zero-order valence-corrected chi connectivity index (χ0v) is 18.0. The number of carbonyl (C=O) groups is 1. The van der Waals surface area contributed by atoms with E-state index in [1.165, 1.54) is 18.0 Å². The molecule has 1 unspecified atom stereocenters. The number of amides is 1. The summed E-state index contributed by atoms with van der Waals surface area (Å²) in [4.78, 5) is 21.0. The number of thiophene rings is 1. The molecule has 3 aromatic heterocycles. The van der Waals surface area contributed by atoms with Crippen molar-refractivity contribution in [1.82, 2.24) is 15.3 Å². The molecule has 152 valence electrons. The van der Waals surface area contributed by atoms with Crippen molar-refractivity contribution < 1.29 is 14.3 Å². The molecule has 0 saturated heterocycles. The molecule has 0 saturated carbocycles. The summed E-state index contributed by atoms with van der Waals surface area (Å²) in [6.45, 7) is 5.99. The van der Waals surface area contributed by atoms with Crippen molar-refractivity contribution in [2.24, 2.45) is 5.41 Å². The lowest BCUT2D eigenvalue weighted by Crippen LogP contribution is -2.44. The SMILES string of the molecule is CC(C)(C)C(Cc1cc(-c2cccnc2F)c(Sc2ccncc2)s1)NC(=O)O. The highest BCUT2D eigenvalue weighted by molar-refractivity contribution is 8.01. The minimum absolute atomic E-state index is 0.263. The van der Waals surface area contributed by atoms with Gasteiger partial charge in [-0.05, 0) is 35.7 Å². The van der Waals surface area contributed by atoms with E-state index in [4.69, 9.17) is 0 Å². The van der Waals surface area contributed by atoms with Crippen LogP contribution in [0.4, 0.5) is 9.18 Å². The molecule has 8 heteroatoms. The molecule has 3 aromatic rings. The first kappa shape index (κ1) is 21.3. The summed E-state index contributed by atoms with van der Waals surface area (Å²) < 4.78 is 15.3. The normalized spacial score (nSPS) is 12.6.